The van der Waals surface area contributed by atoms with Crippen molar-refractivity contribution < 1.29 is 19.4 Å². The van der Waals surface area contributed by atoms with E-state index < -0.39 is 5.97 Å². The first-order valence-corrected chi connectivity index (χ1v) is 9.14. The summed E-state index contributed by atoms with van der Waals surface area (Å²) in [4.78, 5) is 13.6. The molecule has 0 saturated carbocycles. The maximum atomic E-state index is 11.5. The van der Waals surface area contributed by atoms with Gasteiger partial charge < -0.3 is 24.8 Å². The topological polar surface area (TPSA) is 71.0 Å². The van der Waals surface area contributed by atoms with E-state index in [4.69, 9.17) is 9.47 Å². The Morgan fingerprint density at radius 2 is 2.15 bits per heavy atom. The lowest BCUT2D eigenvalue weighted by molar-refractivity contribution is 0.0392. The molecule has 1 aliphatic rings. The Bertz CT molecular complexity index is 780. The fourth-order valence-electron chi connectivity index (χ4n) is 3.33. The number of methoxy groups -OCH3 is 1. The lowest BCUT2D eigenvalue weighted by atomic mass is 10.1. The maximum Gasteiger partial charge on any atom is 0.337 e. The zero-order valence-corrected chi connectivity index (χ0v) is 15.7. The van der Waals surface area contributed by atoms with Gasteiger partial charge in [-0.05, 0) is 36.8 Å². The van der Waals surface area contributed by atoms with Crippen LogP contribution in [0.2, 0.25) is 0 Å². The second kappa shape index (κ2) is 8.88. The van der Waals surface area contributed by atoms with Crippen molar-refractivity contribution in [3.63, 3.8) is 0 Å². The predicted octanol–water partition coefficient (Wildman–Crippen LogP) is 2.95. The summed E-state index contributed by atoms with van der Waals surface area (Å²) in [6, 6.07) is 15.3. The van der Waals surface area contributed by atoms with E-state index in [1.54, 1.807) is 19.2 Å². The predicted molar refractivity (Wildman–Crippen MR) is 105 cm³/mol. The van der Waals surface area contributed by atoms with Crippen LogP contribution in [-0.2, 0) is 4.74 Å². The maximum absolute atomic E-state index is 11.5. The third-order valence-corrected chi connectivity index (χ3v) is 4.86. The summed E-state index contributed by atoms with van der Waals surface area (Å²) in [6.07, 6.45) is -0.00587. The van der Waals surface area contributed by atoms with E-state index in [1.165, 1.54) is 0 Å². The highest BCUT2D eigenvalue weighted by Gasteiger charge is 2.24. The van der Waals surface area contributed by atoms with Gasteiger partial charge >= 0.3 is 5.97 Å². The normalized spacial score (nSPS) is 18.1. The number of aromatic carboxylic acids is 1. The summed E-state index contributed by atoms with van der Waals surface area (Å²) in [6.45, 7) is 4.71. The molecule has 0 spiro atoms. The van der Waals surface area contributed by atoms with Crippen LogP contribution in [0.1, 0.15) is 28.9 Å². The number of anilines is 1. The SMILES string of the molecule is COc1cccc([C@@H](C)NCC2CN(c3ccccc3C(=O)O)CCO2)c1. The molecule has 0 aromatic heterocycles. The van der Waals surface area contributed by atoms with E-state index in [0.717, 1.165) is 17.0 Å². The molecule has 0 amide bonds. The van der Waals surface area contributed by atoms with Crippen molar-refractivity contribution in [1.29, 1.82) is 0 Å². The highest BCUT2D eigenvalue weighted by molar-refractivity contribution is 5.94. The number of para-hydroxylation sites is 1. The van der Waals surface area contributed by atoms with E-state index in [-0.39, 0.29) is 12.1 Å². The van der Waals surface area contributed by atoms with Crippen molar-refractivity contribution in [3.05, 3.63) is 59.7 Å². The molecule has 2 N–H and O–H groups in total. The summed E-state index contributed by atoms with van der Waals surface area (Å²) in [7, 11) is 1.66. The van der Waals surface area contributed by atoms with E-state index in [9.17, 15) is 9.90 Å². The van der Waals surface area contributed by atoms with Gasteiger partial charge in [-0.3, -0.25) is 0 Å². The molecule has 0 radical (unpaired) electrons. The number of morpholine rings is 1. The molecular weight excluding hydrogens is 344 g/mol. The number of rotatable bonds is 7. The van der Waals surface area contributed by atoms with Crippen molar-refractivity contribution >= 4 is 11.7 Å². The number of nitrogens with zero attached hydrogens (tertiary/aromatic N) is 1. The Morgan fingerprint density at radius 3 is 2.93 bits per heavy atom. The standard InChI is InChI=1S/C21H26N2O4/c1-15(16-6-5-7-17(12-16)26-2)22-13-18-14-23(10-11-27-18)20-9-4-3-8-19(20)21(24)25/h3-9,12,15,18,22H,10-11,13-14H2,1-2H3,(H,24,25)/t15-,18?/m1/s1. The van der Waals surface area contributed by atoms with Crippen LogP contribution in [0.4, 0.5) is 5.69 Å². The Balaban J connectivity index is 1.61. The monoisotopic (exact) mass is 370 g/mol. The number of hydrogen-bond donors (Lipinski definition) is 2. The van der Waals surface area contributed by atoms with Crippen LogP contribution in [0.15, 0.2) is 48.5 Å². The van der Waals surface area contributed by atoms with Crippen LogP contribution >= 0.6 is 0 Å². The molecule has 1 fully saturated rings. The largest absolute Gasteiger partial charge is 0.497 e. The van der Waals surface area contributed by atoms with E-state index in [0.29, 0.717) is 31.8 Å². The number of benzene rings is 2. The first-order valence-electron chi connectivity index (χ1n) is 9.14. The minimum Gasteiger partial charge on any atom is -0.497 e. The van der Waals surface area contributed by atoms with Gasteiger partial charge in [0.1, 0.15) is 5.75 Å². The summed E-state index contributed by atoms with van der Waals surface area (Å²) < 4.78 is 11.2. The minimum absolute atomic E-state index is 0.00587. The van der Waals surface area contributed by atoms with Crippen molar-refractivity contribution in [2.24, 2.45) is 0 Å². The van der Waals surface area contributed by atoms with Gasteiger partial charge in [-0.1, -0.05) is 24.3 Å². The molecule has 0 aliphatic carbocycles. The van der Waals surface area contributed by atoms with Gasteiger partial charge in [-0.2, -0.15) is 0 Å². The molecule has 1 saturated heterocycles. The Kier molecular flexibility index (Phi) is 6.32. The molecule has 6 heteroatoms. The van der Waals surface area contributed by atoms with E-state index in [1.807, 2.05) is 30.3 Å². The van der Waals surface area contributed by atoms with Crippen molar-refractivity contribution in [2.75, 3.05) is 38.3 Å². The molecule has 27 heavy (non-hydrogen) atoms. The molecule has 2 aromatic carbocycles. The molecule has 3 rings (SSSR count). The third-order valence-electron chi connectivity index (χ3n) is 4.86. The molecule has 0 bridgehead atoms. The highest BCUT2D eigenvalue weighted by atomic mass is 16.5. The number of hydrogen-bond acceptors (Lipinski definition) is 5. The fraction of sp³-hybridized carbons (Fsp3) is 0.381. The van der Waals surface area contributed by atoms with Crippen LogP contribution in [0, 0.1) is 0 Å². The van der Waals surface area contributed by atoms with Crippen molar-refractivity contribution in [3.8, 4) is 5.75 Å². The van der Waals surface area contributed by atoms with Gasteiger partial charge in [0.05, 0.1) is 31.1 Å². The number of ether oxygens (including phenoxy) is 2. The zero-order chi connectivity index (χ0) is 19.2. The molecule has 1 unspecified atom stereocenters. The molecular formula is C21H26N2O4. The lowest BCUT2D eigenvalue weighted by Gasteiger charge is -2.35. The van der Waals surface area contributed by atoms with Crippen molar-refractivity contribution in [2.45, 2.75) is 19.1 Å². The van der Waals surface area contributed by atoms with Crippen LogP contribution in [0.5, 0.6) is 5.75 Å². The van der Waals surface area contributed by atoms with Gasteiger partial charge in [-0.15, -0.1) is 0 Å². The Morgan fingerprint density at radius 1 is 1.33 bits per heavy atom. The fourth-order valence-corrected chi connectivity index (χ4v) is 3.33. The van der Waals surface area contributed by atoms with E-state index >= 15 is 0 Å². The smallest absolute Gasteiger partial charge is 0.337 e. The van der Waals surface area contributed by atoms with Crippen molar-refractivity contribution in [1.82, 2.24) is 5.32 Å². The molecule has 2 aromatic rings. The lowest BCUT2D eigenvalue weighted by Crippen LogP contribution is -2.47. The van der Waals surface area contributed by atoms with Gasteiger partial charge in [-0.25, -0.2) is 4.79 Å². The average molecular weight is 370 g/mol. The first-order chi connectivity index (χ1) is 13.1. The Hall–Kier alpha value is -2.57. The summed E-state index contributed by atoms with van der Waals surface area (Å²) in [5, 5.41) is 12.9. The molecule has 6 nitrogen and oxygen atoms in total. The molecule has 2 atom stereocenters. The number of carboxylic acids is 1. The molecule has 144 valence electrons. The quantitative estimate of drug-likeness (QED) is 0.781. The van der Waals surface area contributed by atoms with Gasteiger partial charge in [0.25, 0.3) is 0 Å². The van der Waals surface area contributed by atoms with E-state index in [2.05, 4.69) is 23.2 Å². The van der Waals surface area contributed by atoms with Gasteiger partial charge in [0.2, 0.25) is 0 Å². The highest BCUT2D eigenvalue weighted by Crippen LogP contribution is 2.23. The van der Waals surface area contributed by atoms with Gasteiger partial charge in [0.15, 0.2) is 0 Å². The second-order valence-electron chi connectivity index (χ2n) is 6.67. The first kappa shape index (κ1) is 19.2. The molecule has 1 aliphatic heterocycles. The third kappa shape index (κ3) is 4.78. The number of carboxylic acid groups (broad SMARTS) is 1. The zero-order valence-electron chi connectivity index (χ0n) is 15.7. The number of carbonyl (C=O) groups is 1. The summed E-state index contributed by atoms with van der Waals surface area (Å²) in [5.41, 5.74) is 2.23. The second-order valence-corrected chi connectivity index (χ2v) is 6.67. The summed E-state index contributed by atoms with van der Waals surface area (Å²) >= 11 is 0. The van der Waals surface area contributed by atoms with Gasteiger partial charge in [0, 0.05) is 25.7 Å². The van der Waals surface area contributed by atoms with Crippen LogP contribution in [0.3, 0.4) is 0 Å². The van der Waals surface area contributed by atoms with Crippen LogP contribution in [-0.4, -0.2) is 50.5 Å². The van der Waals surface area contributed by atoms with Crippen LogP contribution < -0.4 is 15.0 Å². The molecule has 1 heterocycles. The number of nitrogens with one attached hydrogen (secondary N) is 1. The average Bonchev–Trinajstić information content (AvgIpc) is 2.72. The van der Waals surface area contributed by atoms with Crippen LogP contribution in [0.25, 0.3) is 0 Å². The summed E-state index contributed by atoms with van der Waals surface area (Å²) in [5.74, 6) is -0.0649. The Labute approximate surface area is 159 Å². The minimum atomic E-state index is -0.904.